The third-order valence-corrected chi connectivity index (χ3v) is 9.18. The molecule has 0 aliphatic carbocycles. The van der Waals surface area contributed by atoms with Gasteiger partial charge in [-0.15, -0.1) is 0 Å². The lowest BCUT2D eigenvalue weighted by Gasteiger charge is -2.33. The molecule has 0 fully saturated rings. The third kappa shape index (κ3) is 3.95. The lowest BCUT2D eigenvalue weighted by molar-refractivity contribution is 0.198. The van der Waals surface area contributed by atoms with Crippen molar-refractivity contribution in [1.29, 1.82) is 0 Å². The Bertz CT molecular complexity index is 424. The molecular formula is C14H22Cl2FNOSi. The first-order valence-corrected chi connectivity index (χ1v) is 10.2. The predicted molar refractivity (Wildman–Crippen MR) is 86.5 cm³/mol. The summed E-state index contributed by atoms with van der Waals surface area (Å²) in [6.45, 7) is 6.70. The summed E-state index contributed by atoms with van der Waals surface area (Å²) in [5.74, 6) is -0.454. The molecule has 2 nitrogen and oxygen atoms in total. The molecule has 0 radical (unpaired) electrons. The van der Waals surface area contributed by atoms with E-state index in [0.29, 0.717) is 5.56 Å². The zero-order valence-corrected chi connectivity index (χ0v) is 14.7. The normalized spacial score (nSPS) is 13.6. The van der Waals surface area contributed by atoms with Crippen LogP contribution in [0.4, 0.5) is 4.39 Å². The second-order valence-electron chi connectivity index (χ2n) is 4.87. The van der Waals surface area contributed by atoms with E-state index in [0.717, 1.165) is 18.1 Å². The quantitative estimate of drug-likeness (QED) is 0.698. The van der Waals surface area contributed by atoms with Gasteiger partial charge < -0.3 is 10.2 Å². The van der Waals surface area contributed by atoms with E-state index in [9.17, 15) is 4.39 Å². The van der Waals surface area contributed by atoms with Crippen molar-refractivity contribution in [3.05, 3.63) is 33.6 Å². The summed E-state index contributed by atoms with van der Waals surface area (Å²) in [5.41, 5.74) is 6.44. The number of hydrogen-bond donors (Lipinski definition) is 1. The smallest absolute Gasteiger partial charge is 0.192 e. The summed E-state index contributed by atoms with van der Waals surface area (Å²) in [6, 6.07) is 5.52. The Balaban J connectivity index is 3.14. The zero-order chi connectivity index (χ0) is 15.3. The molecule has 0 heterocycles. The summed E-state index contributed by atoms with van der Waals surface area (Å²) in [4.78, 5) is 0. The molecule has 0 spiro atoms. The summed E-state index contributed by atoms with van der Waals surface area (Å²) in [7, 11) is -1.83. The maximum Gasteiger partial charge on any atom is 0.192 e. The van der Waals surface area contributed by atoms with Crippen LogP contribution in [0.5, 0.6) is 0 Å². The van der Waals surface area contributed by atoms with Crippen LogP contribution in [0.2, 0.25) is 28.2 Å². The molecule has 0 aromatic heterocycles. The van der Waals surface area contributed by atoms with Gasteiger partial charge in [0, 0.05) is 12.1 Å². The van der Waals surface area contributed by atoms with Gasteiger partial charge in [0.2, 0.25) is 0 Å². The first-order chi connectivity index (χ1) is 9.42. The summed E-state index contributed by atoms with van der Waals surface area (Å²) in [5, 5.41) is 0.549. The molecule has 0 unspecified atom stereocenters. The minimum Gasteiger partial charge on any atom is -0.409 e. The Morgan fingerprint density at radius 3 is 1.95 bits per heavy atom. The molecule has 0 aliphatic rings. The molecule has 1 aromatic carbocycles. The molecule has 0 saturated heterocycles. The molecule has 1 aromatic rings. The van der Waals surface area contributed by atoms with Gasteiger partial charge in [-0.1, -0.05) is 44.0 Å². The van der Waals surface area contributed by atoms with Crippen molar-refractivity contribution in [1.82, 2.24) is 0 Å². The van der Waals surface area contributed by atoms with Crippen LogP contribution < -0.4 is 5.73 Å². The molecule has 6 heteroatoms. The lowest BCUT2D eigenvalue weighted by Crippen LogP contribution is -2.39. The van der Waals surface area contributed by atoms with Gasteiger partial charge in [0.1, 0.15) is 5.82 Å². The van der Waals surface area contributed by atoms with Gasteiger partial charge in [0.15, 0.2) is 8.32 Å². The van der Waals surface area contributed by atoms with E-state index in [1.807, 2.05) is 0 Å². The molecular weight excluding hydrogens is 316 g/mol. The number of rotatable bonds is 7. The fraction of sp³-hybridized carbons (Fsp3) is 0.571. The Morgan fingerprint density at radius 2 is 1.60 bits per heavy atom. The number of halogens is 3. The standard InChI is InChI=1S/C14H22Cl2FNOSi/c1-4-20(5-2,6-3)19-13(9-18)14-11(15)7-10(17)8-12(14)16/h7-8,13H,4-6,9,18H2,1-3H3/t13-/m0/s1. The number of benzene rings is 1. The number of nitrogens with two attached hydrogens (primary N) is 1. The maximum atomic E-state index is 13.3. The van der Waals surface area contributed by atoms with Crippen LogP contribution in [0.15, 0.2) is 12.1 Å². The van der Waals surface area contributed by atoms with Gasteiger partial charge in [-0.25, -0.2) is 4.39 Å². The van der Waals surface area contributed by atoms with E-state index in [2.05, 4.69) is 20.8 Å². The van der Waals surface area contributed by atoms with E-state index in [-0.39, 0.29) is 22.7 Å². The molecule has 0 amide bonds. The van der Waals surface area contributed by atoms with E-state index < -0.39 is 14.1 Å². The van der Waals surface area contributed by atoms with Crippen molar-refractivity contribution >= 4 is 31.5 Å². The van der Waals surface area contributed by atoms with E-state index in [1.165, 1.54) is 12.1 Å². The van der Waals surface area contributed by atoms with E-state index in [1.54, 1.807) is 0 Å². The first-order valence-electron chi connectivity index (χ1n) is 6.95. The molecule has 1 rings (SSSR count). The van der Waals surface area contributed by atoms with Crippen molar-refractivity contribution in [2.45, 2.75) is 45.0 Å². The SMILES string of the molecule is CC[Si](CC)(CC)O[C@@H](CN)c1c(Cl)cc(F)cc1Cl. The minimum atomic E-state index is -1.83. The maximum absolute atomic E-state index is 13.3. The molecule has 1 atom stereocenters. The average Bonchev–Trinajstić information content (AvgIpc) is 2.42. The van der Waals surface area contributed by atoms with Crippen molar-refractivity contribution in [3.8, 4) is 0 Å². The molecule has 114 valence electrons. The van der Waals surface area contributed by atoms with Crippen molar-refractivity contribution in [2.24, 2.45) is 5.73 Å². The minimum absolute atomic E-state index is 0.275. The second kappa shape index (κ2) is 7.76. The summed E-state index contributed by atoms with van der Waals surface area (Å²) >= 11 is 12.2. The topological polar surface area (TPSA) is 35.2 Å². The van der Waals surface area contributed by atoms with Crippen molar-refractivity contribution in [2.75, 3.05) is 6.54 Å². The fourth-order valence-corrected chi connectivity index (χ4v) is 5.91. The van der Waals surface area contributed by atoms with Gasteiger partial charge in [0.05, 0.1) is 16.1 Å². The lowest BCUT2D eigenvalue weighted by atomic mass is 10.1. The Labute approximate surface area is 131 Å². The summed E-state index contributed by atoms with van der Waals surface area (Å²) < 4.78 is 19.6. The highest BCUT2D eigenvalue weighted by atomic mass is 35.5. The molecule has 2 N–H and O–H groups in total. The van der Waals surface area contributed by atoms with Gasteiger partial charge in [-0.2, -0.15) is 0 Å². The van der Waals surface area contributed by atoms with Crippen molar-refractivity contribution in [3.63, 3.8) is 0 Å². The molecule has 20 heavy (non-hydrogen) atoms. The van der Waals surface area contributed by atoms with Gasteiger partial charge in [-0.3, -0.25) is 0 Å². The van der Waals surface area contributed by atoms with Crippen LogP contribution in [-0.2, 0) is 4.43 Å². The van der Waals surface area contributed by atoms with Gasteiger partial charge in [0.25, 0.3) is 0 Å². The van der Waals surface area contributed by atoms with Crippen molar-refractivity contribution < 1.29 is 8.82 Å². The summed E-state index contributed by atoms with van der Waals surface area (Å²) in [6.07, 6.45) is -0.373. The average molecular weight is 338 g/mol. The zero-order valence-electron chi connectivity index (χ0n) is 12.2. The van der Waals surface area contributed by atoms with E-state index >= 15 is 0 Å². The first kappa shape index (κ1) is 17.9. The van der Waals surface area contributed by atoms with Gasteiger partial charge in [-0.05, 0) is 30.3 Å². The number of hydrogen-bond acceptors (Lipinski definition) is 2. The largest absolute Gasteiger partial charge is 0.409 e. The van der Waals surface area contributed by atoms with Crippen LogP contribution in [0, 0.1) is 5.82 Å². The van der Waals surface area contributed by atoms with Crippen LogP contribution >= 0.6 is 23.2 Å². The Kier molecular flexibility index (Phi) is 6.95. The van der Waals surface area contributed by atoms with Gasteiger partial charge >= 0.3 is 0 Å². The Hall–Kier alpha value is -0.133. The molecule has 0 saturated carbocycles. The van der Waals surface area contributed by atoms with Crippen LogP contribution in [0.1, 0.15) is 32.4 Å². The highest BCUT2D eigenvalue weighted by molar-refractivity contribution is 6.73. The predicted octanol–water partition coefficient (Wildman–Crippen LogP) is 5.15. The second-order valence-corrected chi connectivity index (χ2v) is 10.4. The van der Waals surface area contributed by atoms with Crippen LogP contribution in [0.25, 0.3) is 0 Å². The van der Waals surface area contributed by atoms with Crippen LogP contribution in [0.3, 0.4) is 0 Å². The Morgan fingerprint density at radius 1 is 1.15 bits per heavy atom. The van der Waals surface area contributed by atoms with E-state index in [4.69, 9.17) is 33.4 Å². The highest BCUT2D eigenvalue weighted by Gasteiger charge is 2.33. The third-order valence-electron chi connectivity index (χ3n) is 3.91. The molecule has 0 bridgehead atoms. The van der Waals surface area contributed by atoms with Crippen LogP contribution in [-0.4, -0.2) is 14.9 Å². The fourth-order valence-electron chi connectivity index (χ4n) is 2.39. The molecule has 0 aliphatic heterocycles. The highest BCUT2D eigenvalue weighted by Crippen LogP contribution is 2.36. The monoisotopic (exact) mass is 337 g/mol.